The number of hydrogen-bond donors (Lipinski definition) is 0. The molecule has 1 aromatic rings. The lowest BCUT2D eigenvalue weighted by Crippen LogP contribution is -2.22. The van der Waals surface area contributed by atoms with Crippen LogP contribution in [-0.4, -0.2) is 19.4 Å². The van der Waals surface area contributed by atoms with E-state index >= 15 is 0 Å². The number of aryl methyl sites for hydroxylation is 1. The number of furan rings is 1. The molecule has 18 heavy (non-hydrogen) atoms. The second kappa shape index (κ2) is 7.96. The van der Waals surface area contributed by atoms with Gasteiger partial charge in [0.15, 0.2) is 12.0 Å². The largest absolute Gasteiger partial charge is 0.456 e. The number of anilines is 1. The van der Waals surface area contributed by atoms with E-state index in [1.807, 2.05) is 6.07 Å². The van der Waals surface area contributed by atoms with E-state index in [4.69, 9.17) is 4.42 Å². The molecule has 0 radical (unpaired) electrons. The smallest absolute Gasteiger partial charge is 0.185 e. The maximum atomic E-state index is 10.8. The fourth-order valence-electron chi connectivity index (χ4n) is 2.22. The zero-order valence-corrected chi connectivity index (χ0v) is 11.9. The number of rotatable bonds is 9. The van der Waals surface area contributed by atoms with E-state index in [1.54, 1.807) is 0 Å². The van der Waals surface area contributed by atoms with Crippen LogP contribution in [0.1, 0.15) is 62.8 Å². The molecule has 0 aliphatic carbocycles. The predicted molar refractivity (Wildman–Crippen MR) is 75.5 cm³/mol. The highest BCUT2D eigenvalue weighted by molar-refractivity contribution is 5.74. The van der Waals surface area contributed by atoms with Crippen molar-refractivity contribution >= 4 is 12.0 Å². The van der Waals surface area contributed by atoms with Gasteiger partial charge in [0.2, 0.25) is 0 Å². The van der Waals surface area contributed by atoms with Gasteiger partial charge in [-0.2, -0.15) is 0 Å². The Hall–Kier alpha value is -1.25. The molecule has 0 fully saturated rings. The van der Waals surface area contributed by atoms with E-state index in [0.717, 1.165) is 43.7 Å². The first kappa shape index (κ1) is 14.8. The van der Waals surface area contributed by atoms with Crippen molar-refractivity contribution in [3.8, 4) is 0 Å². The fourth-order valence-corrected chi connectivity index (χ4v) is 2.22. The van der Waals surface area contributed by atoms with E-state index in [-0.39, 0.29) is 0 Å². The summed E-state index contributed by atoms with van der Waals surface area (Å²) in [5, 5.41) is 0. The fraction of sp³-hybridized carbons (Fsp3) is 0.667. The SMILES string of the molecule is CCCCCCc1oc(C=O)cc1N(CC)CC. The Kier molecular flexibility index (Phi) is 6.55. The molecule has 0 aromatic carbocycles. The quantitative estimate of drug-likeness (QED) is 0.490. The number of carbonyl (C=O) groups is 1. The summed E-state index contributed by atoms with van der Waals surface area (Å²) in [5.41, 5.74) is 1.10. The molecular formula is C15H25NO2. The zero-order chi connectivity index (χ0) is 13.4. The summed E-state index contributed by atoms with van der Waals surface area (Å²) in [7, 11) is 0. The van der Waals surface area contributed by atoms with Crippen molar-refractivity contribution in [2.45, 2.75) is 52.9 Å². The van der Waals surface area contributed by atoms with Crippen molar-refractivity contribution < 1.29 is 9.21 Å². The summed E-state index contributed by atoms with van der Waals surface area (Å²) in [6.07, 6.45) is 6.59. The van der Waals surface area contributed by atoms with Gasteiger partial charge in [-0.15, -0.1) is 0 Å². The van der Waals surface area contributed by atoms with Crippen LogP contribution < -0.4 is 4.90 Å². The molecule has 0 N–H and O–H groups in total. The van der Waals surface area contributed by atoms with Crippen LogP contribution in [0, 0.1) is 0 Å². The summed E-state index contributed by atoms with van der Waals surface area (Å²) in [6.45, 7) is 8.33. The van der Waals surface area contributed by atoms with Gasteiger partial charge in [0.25, 0.3) is 0 Å². The van der Waals surface area contributed by atoms with Crippen molar-refractivity contribution in [3.63, 3.8) is 0 Å². The normalized spacial score (nSPS) is 10.6. The molecule has 0 saturated carbocycles. The summed E-state index contributed by atoms with van der Waals surface area (Å²) in [4.78, 5) is 13.1. The Balaban J connectivity index is 2.74. The highest BCUT2D eigenvalue weighted by atomic mass is 16.3. The first-order valence-corrected chi connectivity index (χ1v) is 7.09. The molecule has 102 valence electrons. The Bertz CT molecular complexity index is 353. The van der Waals surface area contributed by atoms with Crippen molar-refractivity contribution in [1.29, 1.82) is 0 Å². The molecule has 0 amide bonds. The third-order valence-electron chi connectivity index (χ3n) is 3.28. The van der Waals surface area contributed by atoms with E-state index in [2.05, 4.69) is 25.7 Å². The first-order valence-electron chi connectivity index (χ1n) is 7.09. The van der Waals surface area contributed by atoms with Gasteiger partial charge in [0, 0.05) is 25.6 Å². The average molecular weight is 251 g/mol. The maximum Gasteiger partial charge on any atom is 0.185 e. The Labute approximate surface area is 110 Å². The zero-order valence-electron chi connectivity index (χ0n) is 11.9. The number of nitrogens with zero attached hydrogens (tertiary/aromatic N) is 1. The van der Waals surface area contributed by atoms with Crippen LogP contribution in [-0.2, 0) is 6.42 Å². The standard InChI is InChI=1S/C15H25NO2/c1-4-7-8-9-10-15-14(16(5-2)6-3)11-13(12-17)18-15/h11-12H,4-10H2,1-3H3. The van der Waals surface area contributed by atoms with Gasteiger partial charge in [-0.25, -0.2) is 0 Å². The molecular weight excluding hydrogens is 226 g/mol. The molecule has 3 nitrogen and oxygen atoms in total. The molecule has 1 heterocycles. The third kappa shape index (κ3) is 3.90. The summed E-state index contributed by atoms with van der Waals surface area (Å²) in [5.74, 6) is 1.42. The van der Waals surface area contributed by atoms with E-state index < -0.39 is 0 Å². The van der Waals surface area contributed by atoms with Gasteiger partial charge in [0.1, 0.15) is 5.76 Å². The second-order valence-corrected chi connectivity index (χ2v) is 4.56. The molecule has 0 aliphatic rings. The van der Waals surface area contributed by atoms with Gasteiger partial charge in [-0.05, 0) is 20.3 Å². The lowest BCUT2D eigenvalue weighted by molar-refractivity contribution is 0.109. The molecule has 0 aliphatic heterocycles. The van der Waals surface area contributed by atoms with Gasteiger partial charge < -0.3 is 9.32 Å². The van der Waals surface area contributed by atoms with Crippen molar-refractivity contribution in [2.24, 2.45) is 0 Å². The van der Waals surface area contributed by atoms with Crippen LogP contribution in [0.25, 0.3) is 0 Å². The minimum atomic E-state index is 0.447. The number of unbranched alkanes of at least 4 members (excludes halogenated alkanes) is 3. The van der Waals surface area contributed by atoms with Gasteiger partial charge in [0.05, 0.1) is 5.69 Å². The molecule has 0 bridgehead atoms. The maximum absolute atomic E-state index is 10.8. The monoisotopic (exact) mass is 251 g/mol. The molecule has 0 unspecified atom stereocenters. The van der Waals surface area contributed by atoms with Gasteiger partial charge >= 0.3 is 0 Å². The Morgan fingerprint density at radius 1 is 1.17 bits per heavy atom. The van der Waals surface area contributed by atoms with Crippen LogP contribution in [0.4, 0.5) is 5.69 Å². The van der Waals surface area contributed by atoms with Crippen LogP contribution in [0.3, 0.4) is 0 Å². The molecule has 0 spiro atoms. The minimum Gasteiger partial charge on any atom is -0.456 e. The molecule has 1 aromatic heterocycles. The number of hydrogen-bond acceptors (Lipinski definition) is 3. The lowest BCUT2D eigenvalue weighted by Gasteiger charge is -2.20. The van der Waals surface area contributed by atoms with E-state index in [1.165, 1.54) is 19.3 Å². The second-order valence-electron chi connectivity index (χ2n) is 4.56. The molecule has 0 atom stereocenters. The van der Waals surface area contributed by atoms with Crippen molar-refractivity contribution in [2.75, 3.05) is 18.0 Å². The number of carbonyl (C=O) groups excluding carboxylic acids is 1. The van der Waals surface area contributed by atoms with Crippen LogP contribution >= 0.6 is 0 Å². The highest BCUT2D eigenvalue weighted by Gasteiger charge is 2.14. The summed E-state index contributed by atoms with van der Waals surface area (Å²) < 4.78 is 5.62. The van der Waals surface area contributed by atoms with Crippen LogP contribution in [0.5, 0.6) is 0 Å². The van der Waals surface area contributed by atoms with Crippen LogP contribution in [0.15, 0.2) is 10.5 Å². The topological polar surface area (TPSA) is 33.5 Å². The van der Waals surface area contributed by atoms with Crippen molar-refractivity contribution in [3.05, 3.63) is 17.6 Å². The summed E-state index contributed by atoms with van der Waals surface area (Å²) >= 11 is 0. The Morgan fingerprint density at radius 2 is 1.89 bits per heavy atom. The van der Waals surface area contributed by atoms with Gasteiger partial charge in [-0.3, -0.25) is 4.79 Å². The average Bonchev–Trinajstić information content (AvgIpc) is 2.80. The lowest BCUT2D eigenvalue weighted by atomic mass is 10.1. The summed E-state index contributed by atoms with van der Waals surface area (Å²) in [6, 6.07) is 1.87. The molecule has 1 rings (SSSR count). The minimum absolute atomic E-state index is 0.447. The number of aldehydes is 1. The van der Waals surface area contributed by atoms with Crippen molar-refractivity contribution in [1.82, 2.24) is 0 Å². The predicted octanol–water partition coefficient (Wildman–Crippen LogP) is 4.06. The first-order chi connectivity index (χ1) is 8.76. The van der Waals surface area contributed by atoms with Crippen LogP contribution in [0.2, 0.25) is 0 Å². The Morgan fingerprint density at radius 3 is 2.44 bits per heavy atom. The van der Waals surface area contributed by atoms with Gasteiger partial charge in [-0.1, -0.05) is 26.2 Å². The highest BCUT2D eigenvalue weighted by Crippen LogP contribution is 2.26. The van der Waals surface area contributed by atoms with E-state index in [0.29, 0.717) is 5.76 Å². The molecule has 0 saturated heterocycles. The third-order valence-corrected chi connectivity index (χ3v) is 3.28. The molecule has 3 heteroatoms. The van der Waals surface area contributed by atoms with E-state index in [9.17, 15) is 4.79 Å².